The van der Waals surface area contributed by atoms with Crippen LogP contribution in [0.2, 0.25) is 0 Å². The van der Waals surface area contributed by atoms with Crippen molar-refractivity contribution in [3.8, 4) is 11.8 Å². The molecule has 2 aliphatic carbocycles. The quantitative estimate of drug-likeness (QED) is 0.421. The predicted octanol–water partition coefficient (Wildman–Crippen LogP) is 3.91. The molecule has 7 nitrogen and oxygen atoms in total. The number of hydrogen-bond donors (Lipinski definition) is 0. The van der Waals surface area contributed by atoms with E-state index in [0.29, 0.717) is 17.5 Å². The van der Waals surface area contributed by atoms with Crippen LogP contribution in [-0.4, -0.2) is 47.8 Å². The number of carbonyl (C=O) groups is 2. The number of rotatable bonds is 9. The number of ether oxygens (including phenoxy) is 2. The molecule has 1 aromatic heterocycles. The van der Waals surface area contributed by atoms with E-state index in [-0.39, 0.29) is 29.7 Å². The molecule has 0 unspecified atom stereocenters. The first kappa shape index (κ1) is 22.2. The zero-order chi connectivity index (χ0) is 22.7. The summed E-state index contributed by atoms with van der Waals surface area (Å²) in [5.41, 5.74) is 2.19. The number of nitriles is 1. The molecule has 32 heavy (non-hydrogen) atoms. The highest BCUT2D eigenvalue weighted by molar-refractivity contribution is 7.98. The Morgan fingerprint density at radius 2 is 1.94 bits per heavy atom. The normalized spacial score (nSPS) is 15.0. The molecule has 0 aliphatic heterocycles. The molecule has 2 fully saturated rings. The number of amides is 1. The largest absolute Gasteiger partial charge is 0.497 e. The minimum Gasteiger partial charge on any atom is -0.497 e. The average Bonchev–Trinajstić information content (AvgIpc) is 3.73. The fourth-order valence-electron chi connectivity index (χ4n) is 3.57. The van der Waals surface area contributed by atoms with Crippen LogP contribution < -0.4 is 4.74 Å². The second-order valence-electron chi connectivity index (χ2n) is 8.04. The molecular weight excluding hydrogens is 426 g/mol. The Morgan fingerprint density at radius 3 is 2.50 bits per heavy atom. The van der Waals surface area contributed by atoms with Gasteiger partial charge < -0.3 is 14.4 Å². The Hall–Kier alpha value is -3.05. The third-order valence-electron chi connectivity index (χ3n) is 5.67. The molecule has 1 heterocycles. The van der Waals surface area contributed by atoms with E-state index in [9.17, 15) is 14.9 Å². The van der Waals surface area contributed by atoms with Gasteiger partial charge >= 0.3 is 5.97 Å². The van der Waals surface area contributed by atoms with Crippen molar-refractivity contribution in [3.05, 3.63) is 52.7 Å². The number of thioether (sulfide) groups is 1. The van der Waals surface area contributed by atoms with E-state index in [0.717, 1.165) is 42.7 Å². The van der Waals surface area contributed by atoms with Crippen LogP contribution in [0.4, 0.5) is 0 Å². The molecule has 0 N–H and O–H groups in total. The van der Waals surface area contributed by atoms with Crippen LogP contribution in [0.25, 0.3) is 0 Å². The highest BCUT2D eigenvalue weighted by atomic mass is 32.2. The maximum Gasteiger partial charge on any atom is 0.340 e. The molecule has 4 rings (SSSR count). The van der Waals surface area contributed by atoms with Crippen molar-refractivity contribution >= 4 is 23.6 Å². The van der Waals surface area contributed by atoms with Crippen LogP contribution >= 0.6 is 11.8 Å². The van der Waals surface area contributed by atoms with Crippen LogP contribution in [0.5, 0.6) is 5.75 Å². The van der Waals surface area contributed by atoms with E-state index in [4.69, 9.17) is 9.47 Å². The van der Waals surface area contributed by atoms with Crippen LogP contribution in [0.15, 0.2) is 35.4 Å². The van der Waals surface area contributed by atoms with Crippen molar-refractivity contribution in [1.29, 1.82) is 5.26 Å². The van der Waals surface area contributed by atoms with Crippen molar-refractivity contribution in [2.75, 3.05) is 20.0 Å². The van der Waals surface area contributed by atoms with Gasteiger partial charge in [-0.3, -0.25) is 4.79 Å². The minimum atomic E-state index is -0.658. The molecule has 2 saturated carbocycles. The summed E-state index contributed by atoms with van der Waals surface area (Å²) in [7, 11) is 1.61. The lowest BCUT2D eigenvalue weighted by Gasteiger charge is -2.22. The van der Waals surface area contributed by atoms with E-state index >= 15 is 0 Å². The summed E-state index contributed by atoms with van der Waals surface area (Å²) in [6.45, 7) is 0.0955. The monoisotopic (exact) mass is 451 g/mol. The lowest BCUT2D eigenvalue weighted by molar-refractivity contribution is -0.135. The van der Waals surface area contributed by atoms with E-state index in [1.807, 2.05) is 30.5 Å². The summed E-state index contributed by atoms with van der Waals surface area (Å²) in [5, 5.41) is 10.1. The SMILES string of the molecule is COc1ccc(CN(C(=O)COC(=O)c2cc(C3CC3)nc(SC)c2C#N)C2CC2)cc1. The summed E-state index contributed by atoms with van der Waals surface area (Å²) in [6, 6.07) is 11.5. The van der Waals surface area contributed by atoms with Crippen LogP contribution in [0, 0.1) is 11.3 Å². The topological polar surface area (TPSA) is 92.5 Å². The number of benzene rings is 1. The van der Waals surface area contributed by atoms with Crippen molar-refractivity contribution in [1.82, 2.24) is 9.88 Å². The molecular formula is C24H25N3O4S. The van der Waals surface area contributed by atoms with Gasteiger partial charge in [0.25, 0.3) is 5.91 Å². The van der Waals surface area contributed by atoms with Gasteiger partial charge in [0.05, 0.1) is 18.2 Å². The maximum absolute atomic E-state index is 12.9. The van der Waals surface area contributed by atoms with Gasteiger partial charge in [0.15, 0.2) is 6.61 Å². The lowest BCUT2D eigenvalue weighted by atomic mass is 10.1. The zero-order valence-electron chi connectivity index (χ0n) is 18.2. The maximum atomic E-state index is 12.9. The standard InChI is InChI=1S/C24H25N3O4S/c1-30-18-9-3-15(4-10-18)13-27(17-7-8-17)22(28)14-31-24(29)19-11-21(16-5-6-16)26-23(32-2)20(19)12-25/h3-4,9-11,16-17H,5-8,13-14H2,1-2H3. The molecule has 8 heteroatoms. The van der Waals surface area contributed by atoms with Crippen molar-refractivity contribution < 1.29 is 19.1 Å². The Balaban J connectivity index is 1.45. The molecule has 1 aromatic carbocycles. The Labute approximate surface area is 191 Å². The smallest absolute Gasteiger partial charge is 0.340 e. The molecule has 166 valence electrons. The number of pyridine rings is 1. The highest BCUT2D eigenvalue weighted by Gasteiger charge is 2.33. The van der Waals surface area contributed by atoms with Gasteiger partial charge in [-0.25, -0.2) is 9.78 Å². The summed E-state index contributed by atoms with van der Waals surface area (Å²) in [4.78, 5) is 32.0. The second kappa shape index (κ2) is 9.61. The van der Waals surface area contributed by atoms with E-state index in [1.165, 1.54) is 11.8 Å². The molecule has 0 spiro atoms. The second-order valence-corrected chi connectivity index (χ2v) is 8.84. The van der Waals surface area contributed by atoms with Gasteiger partial charge in [-0.05, 0) is 55.7 Å². The van der Waals surface area contributed by atoms with Gasteiger partial charge in [-0.2, -0.15) is 5.26 Å². The summed E-state index contributed by atoms with van der Waals surface area (Å²) in [6.07, 6.45) is 5.77. The van der Waals surface area contributed by atoms with Gasteiger partial charge in [0.2, 0.25) is 0 Å². The summed E-state index contributed by atoms with van der Waals surface area (Å²) >= 11 is 1.33. The Bertz CT molecular complexity index is 1060. The third kappa shape index (κ3) is 5.05. The zero-order valence-corrected chi connectivity index (χ0v) is 19.0. The molecule has 2 aliphatic rings. The van der Waals surface area contributed by atoms with E-state index < -0.39 is 5.97 Å². The van der Waals surface area contributed by atoms with Gasteiger partial charge in [0, 0.05) is 24.2 Å². The number of methoxy groups -OCH3 is 1. The number of aromatic nitrogens is 1. The van der Waals surface area contributed by atoms with Crippen LogP contribution in [0.1, 0.15) is 58.8 Å². The van der Waals surface area contributed by atoms with E-state index in [2.05, 4.69) is 11.1 Å². The predicted molar refractivity (Wildman–Crippen MR) is 120 cm³/mol. The summed E-state index contributed by atoms with van der Waals surface area (Å²) in [5.74, 6) is 0.191. The molecule has 1 amide bonds. The lowest BCUT2D eigenvalue weighted by Crippen LogP contribution is -2.36. The van der Waals surface area contributed by atoms with Gasteiger partial charge in [0.1, 0.15) is 16.8 Å². The fraction of sp³-hybridized carbons (Fsp3) is 0.417. The van der Waals surface area contributed by atoms with Gasteiger partial charge in [-0.1, -0.05) is 12.1 Å². The number of nitrogens with zero attached hydrogens (tertiary/aromatic N) is 3. The van der Waals surface area contributed by atoms with Crippen molar-refractivity contribution in [2.24, 2.45) is 0 Å². The molecule has 2 aromatic rings. The Morgan fingerprint density at radius 1 is 1.22 bits per heavy atom. The minimum absolute atomic E-state index is 0.170. The number of hydrogen-bond acceptors (Lipinski definition) is 7. The fourth-order valence-corrected chi connectivity index (χ4v) is 4.12. The molecule has 0 radical (unpaired) electrons. The van der Waals surface area contributed by atoms with Crippen LogP contribution in [0.3, 0.4) is 0 Å². The third-order valence-corrected chi connectivity index (χ3v) is 6.36. The van der Waals surface area contributed by atoms with Crippen molar-refractivity contribution in [2.45, 2.75) is 49.2 Å². The number of carbonyl (C=O) groups excluding carboxylic acids is 2. The average molecular weight is 452 g/mol. The first-order valence-corrected chi connectivity index (χ1v) is 11.8. The molecule has 0 atom stereocenters. The van der Waals surface area contributed by atoms with Crippen LogP contribution in [-0.2, 0) is 16.1 Å². The van der Waals surface area contributed by atoms with Gasteiger partial charge in [-0.15, -0.1) is 11.8 Å². The first-order valence-electron chi connectivity index (χ1n) is 10.6. The van der Waals surface area contributed by atoms with E-state index in [1.54, 1.807) is 18.1 Å². The first-order chi connectivity index (χ1) is 15.5. The van der Waals surface area contributed by atoms with Crippen molar-refractivity contribution in [3.63, 3.8) is 0 Å². The number of esters is 1. The Kier molecular flexibility index (Phi) is 6.66. The molecule has 0 bridgehead atoms. The molecule has 0 saturated heterocycles. The summed E-state index contributed by atoms with van der Waals surface area (Å²) < 4.78 is 10.6. The highest BCUT2D eigenvalue weighted by Crippen LogP contribution is 2.40.